The maximum atomic E-state index is 13.2. The lowest BCUT2D eigenvalue weighted by Gasteiger charge is -2.29. The molecule has 1 aliphatic carbocycles. The largest absolute Gasteiger partial charge is 0.433 e. The van der Waals surface area contributed by atoms with Crippen LogP contribution in [0.1, 0.15) is 45.2 Å². The average Bonchev–Trinajstić information content (AvgIpc) is 2.73. The fraction of sp³-hybridized carbons (Fsp3) is 0.591. The molecule has 1 fully saturated rings. The first-order valence-electron chi connectivity index (χ1n) is 10.9. The number of hydrogen-bond donors (Lipinski definition) is 2. The predicted molar refractivity (Wildman–Crippen MR) is 123 cm³/mol. The van der Waals surface area contributed by atoms with Crippen LogP contribution >= 0.6 is 11.8 Å². The van der Waals surface area contributed by atoms with Crippen molar-refractivity contribution in [3.63, 3.8) is 0 Å². The number of thioether (sulfide) groups is 1. The quantitative estimate of drug-likeness (QED) is 0.390. The number of halogens is 3. The number of para-hydroxylation sites is 1. The van der Waals surface area contributed by atoms with Crippen molar-refractivity contribution in [2.24, 2.45) is 5.92 Å². The van der Waals surface area contributed by atoms with Gasteiger partial charge in [0.15, 0.2) is 0 Å². The van der Waals surface area contributed by atoms with Crippen LogP contribution in [0.3, 0.4) is 0 Å². The van der Waals surface area contributed by atoms with E-state index in [0.29, 0.717) is 28.6 Å². The maximum Gasteiger partial charge on any atom is 0.433 e. The Kier molecular flexibility index (Phi) is 8.46. The highest BCUT2D eigenvalue weighted by Crippen LogP contribution is 2.34. The Balaban J connectivity index is 1.44. The monoisotopic (exact) mass is 489 g/mol. The summed E-state index contributed by atoms with van der Waals surface area (Å²) in [4.78, 5) is 4.34. The smallest absolute Gasteiger partial charge is 0.316 e. The molecule has 1 aromatic heterocycles. The van der Waals surface area contributed by atoms with Gasteiger partial charge in [0.2, 0.25) is 10.0 Å². The highest BCUT2D eigenvalue weighted by atomic mass is 32.2. The van der Waals surface area contributed by atoms with Gasteiger partial charge in [0.05, 0.1) is 10.8 Å². The summed E-state index contributed by atoms with van der Waals surface area (Å²) in [6.45, 7) is 4.86. The number of sulfonamides is 1. The molecule has 178 valence electrons. The fourth-order valence-electron chi connectivity index (χ4n) is 3.80. The second-order valence-corrected chi connectivity index (χ2v) is 11.9. The van der Waals surface area contributed by atoms with Gasteiger partial charge in [0, 0.05) is 28.6 Å². The summed E-state index contributed by atoms with van der Waals surface area (Å²) in [6.07, 6.45) is -0.906. The molecule has 0 unspecified atom stereocenters. The third-order valence-corrected chi connectivity index (χ3v) is 8.70. The van der Waals surface area contributed by atoms with Crippen LogP contribution in [0.25, 0.3) is 10.9 Å². The zero-order valence-electron chi connectivity index (χ0n) is 18.3. The molecule has 32 heavy (non-hydrogen) atoms. The number of pyridine rings is 1. The minimum absolute atomic E-state index is 0.0111. The second-order valence-electron chi connectivity index (χ2n) is 8.50. The molecule has 10 heteroatoms. The van der Waals surface area contributed by atoms with E-state index in [0.717, 1.165) is 43.7 Å². The Hall–Kier alpha value is -1.36. The van der Waals surface area contributed by atoms with Crippen molar-refractivity contribution in [3.8, 4) is 0 Å². The molecule has 1 aromatic carbocycles. The van der Waals surface area contributed by atoms with Crippen molar-refractivity contribution in [2.45, 2.75) is 61.9 Å². The molecule has 1 saturated carbocycles. The second kappa shape index (κ2) is 10.7. The molecule has 0 amide bonds. The number of nitrogens with one attached hydrogen (secondary N) is 2. The first-order chi connectivity index (χ1) is 15.1. The minimum atomic E-state index is -4.47. The Morgan fingerprint density at radius 2 is 1.84 bits per heavy atom. The van der Waals surface area contributed by atoms with Gasteiger partial charge in [0.25, 0.3) is 0 Å². The first kappa shape index (κ1) is 25.3. The zero-order chi connectivity index (χ0) is 23.4. The van der Waals surface area contributed by atoms with Gasteiger partial charge in [-0.15, -0.1) is 11.8 Å². The van der Waals surface area contributed by atoms with Crippen LogP contribution in [0.2, 0.25) is 0 Å². The van der Waals surface area contributed by atoms with Crippen LogP contribution in [0.4, 0.5) is 13.2 Å². The van der Waals surface area contributed by atoms with Gasteiger partial charge in [-0.2, -0.15) is 13.2 Å². The van der Waals surface area contributed by atoms with Gasteiger partial charge in [0.1, 0.15) is 5.69 Å². The molecule has 0 bridgehead atoms. The summed E-state index contributed by atoms with van der Waals surface area (Å²) in [7, 11) is -3.24. The van der Waals surface area contributed by atoms with Crippen molar-refractivity contribution in [2.75, 3.05) is 18.8 Å². The average molecular weight is 490 g/mol. The summed E-state index contributed by atoms with van der Waals surface area (Å²) < 4.78 is 66.4. The summed E-state index contributed by atoms with van der Waals surface area (Å²) in [6, 6.07) is 8.03. The fourth-order valence-corrected chi connectivity index (χ4v) is 5.76. The van der Waals surface area contributed by atoms with Crippen LogP contribution in [0.5, 0.6) is 0 Å². The molecule has 3 rings (SSSR count). The first-order valence-corrected chi connectivity index (χ1v) is 13.4. The van der Waals surface area contributed by atoms with Crippen molar-refractivity contribution >= 4 is 32.7 Å². The van der Waals surface area contributed by atoms with E-state index in [-0.39, 0.29) is 6.04 Å². The van der Waals surface area contributed by atoms with E-state index < -0.39 is 27.1 Å². The van der Waals surface area contributed by atoms with Gasteiger partial charge in [-0.3, -0.25) is 0 Å². The topological polar surface area (TPSA) is 71.1 Å². The van der Waals surface area contributed by atoms with Crippen molar-refractivity contribution in [1.82, 2.24) is 15.0 Å². The number of aromatic nitrogens is 1. The lowest BCUT2D eigenvalue weighted by molar-refractivity contribution is -0.141. The zero-order valence-corrected chi connectivity index (χ0v) is 19.9. The number of nitrogens with zero attached hydrogens (tertiary/aromatic N) is 1. The van der Waals surface area contributed by atoms with E-state index in [4.69, 9.17) is 0 Å². The molecule has 1 heterocycles. The Morgan fingerprint density at radius 1 is 1.16 bits per heavy atom. The minimum Gasteiger partial charge on any atom is -0.316 e. The Bertz CT molecular complexity index is 1010. The van der Waals surface area contributed by atoms with Gasteiger partial charge < -0.3 is 5.32 Å². The van der Waals surface area contributed by atoms with Gasteiger partial charge >= 0.3 is 6.18 Å². The molecule has 0 aliphatic heterocycles. The Labute approximate surface area is 192 Å². The summed E-state index contributed by atoms with van der Waals surface area (Å²) in [5.74, 6) is 1.13. The SMILES string of the molecule is CC(C)S(=O)(=O)NC1CCC(CNCCSc2cc(C(F)(F)F)nc3ccccc23)CC1. The highest BCUT2D eigenvalue weighted by Gasteiger charge is 2.33. The third-order valence-electron chi connectivity index (χ3n) is 5.74. The molecule has 2 N–H and O–H groups in total. The molecule has 0 spiro atoms. The van der Waals surface area contributed by atoms with E-state index in [9.17, 15) is 21.6 Å². The third kappa shape index (κ3) is 6.82. The molecule has 2 aromatic rings. The molecule has 5 nitrogen and oxygen atoms in total. The summed E-state index contributed by atoms with van der Waals surface area (Å²) >= 11 is 1.40. The van der Waals surface area contributed by atoms with Crippen LogP contribution in [0, 0.1) is 5.92 Å². The molecule has 1 aliphatic rings. The van der Waals surface area contributed by atoms with Gasteiger partial charge in [-0.05, 0) is 64.1 Å². The Morgan fingerprint density at radius 3 is 2.50 bits per heavy atom. The van der Waals surface area contributed by atoms with E-state index in [1.54, 1.807) is 38.1 Å². The molecule has 0 atom stereocenters. The lowest BCUT2D eigenvalue weighted by Crippen LogP contribution is -2.42. The molecular weight excluding hydrogens is 459 g/mol. The van der Waals surface area contributed by atoms with Crippen molar-refractivity contribution in [3.05, 3.63) is 36.0 Å². The number of benzene rings is 1. The van der Waals surface area contributed by atoms with Crippen LogP contribution in [-0.2, 0) is 16.2 Å². The lowest BCUT2D eigenvalue weighted by atomic mass is 9.86. The molecular formula is C22H30F3N3O2S2. The normalized spacial score (nSPS) is 20.2. The van der Waals surface area contributed by atoms with E-state index in [2.05, 4.69) is 15.0 Å². The molecule has 0 saturated heterocycles. The summed E-state index contributed by atoms with van der Waals surface area (Å²) in [5, 5.41) is 3.70. The van der Waals surface area contributed by atoms with E-state index in [1.807, 2.05) is 0 Å². The number of fused-ring (bicyclic) bond motifs is 1. The van der Waals surface area contributed by atoms with Gasteiger partial charge in [-0.1, -0.05) is 18.2 Å². The number of rotatable bonds is 9. The van der Waals surface area contributed by atoms with Crippen molar-refractivity contribution in [1.29, 1.82) is 0 Å². The standard InChI is InChI=1S/C22H30F3N3O2S2/c1-15(2)32(29,30)28-17-9-7-16(8-10-17)14-26-11-12-31-20-13-21(22(23,24)25)27-19-6-4-3-5-18(19)20/h3-6,13,15-17,26,28H,7-12,14H2,1-2H3. The maximum absolute atomic E-state index is 13.2. The predicted octanol–water partition coefficient (Wildman–Crippen LogP) is 4.82. The summed E-state index contributed by atoms with van der Waals surface area (Å²) in [5.41, 5.74) is -0.515. The number of hydrogen-bond acceptors (Lipinski definition) is 5. The van der Waals surface area contributed by atoms with E-state index >= 15 is 0 Å². The molecule has 0 radical (unpaired) electrons. The van der Waals surface area contributed by atoms with Crippen LogP contribution < -0.4 is 10.0 Å². The highest BCUT2D eigenvalue weighted by molar-refractivity contribution is 7.99. The van der Waals surface area contributed by atoms with Crippen molar-refractivity contribution < 1.29 is 21.6 Å². The van der Waals surface area contributed by atoms with Crippen LogP contribution in [-0.4, -0.2) is 43.5 Å². The van der Waals surface area contributed by atoms with Crippen LogP contribution in [0.15, 0.2) is 35.2 Å². The van der Waals surface area contributed by atoms with Gasteiger partial charge in [-0.25, -0.2) is 18.1 Å². The van der Waals surface area contributed by atoms with E-state index in [1.165, 1.54) is 11.8 Å². The number of alkyl halides is 3.